The van der Waals surface area contributed by atoms with Gasteiger partial charge in [0.1, 0.15) is 0 Å². The number of amides is 1. The first-order valence-corrected chi connectivity index (χ1v) is 24.0. The lowest BCUT2D eigenvalue weighted by atomic mass is 10.0. The Bertz CT molecular complexity index is 3080. The van der Waals surface area contributed by atoms with Gasteiger partial charge in [-0.25, -0.2) is 31.4 Å². The molecule has 0 fully saturated rings. The van der Waals surface area contributed by atoms with Crippen LogP contribution in [0.1, 0.15) is 55.6 Å². The molecule has 7 rings (SSSR count). The molecule has 0 unspecified atom stereocenters. The number of rotatable bonds is 16. The molecule has 7 aromatic rings. The summed E-state index contributed by atoms with van der Waals surface area (Å²) < 4.78 is 57.5. The maximum atomic E-state index is 13.3. The predicted molar refractivity (Wildman–Crippen MR) is 256 cm³/mol. The minimum atomic E-state index is -3.86. The van der Waals surface area contributed by atoms with Crippen LogP contribution in [0.15, 0.2) is 143 Å². The molecule has 0 radical (unpaired) electrons. The molecule has 336 valence electrons. The van der Waals surface area contributed by atoms with Gasteiger partial charge in [-0.1, -0.05) is 84.1 Å². The number of sulfonamides is 2. The maximum absolute atomic E-state index is 13.3. The van der Waals surface area contributed by atoms with E-state index in [0.717, 1.165) is 44.7 Å². The summed E-state index contributed by atoms with van der Waals surface area (Å²) in [5.41, 5.74) is 6.59. The van der Waals surface area contributed by atoms with Crippen LogP contribution < -0.4 is 19.7 Å². The fourth-order valence-corrected chi connectivity index (χ4v) is 10.7. The van der Waals surface area contributed by atoms with Crippen molar-refractivity contribution in [3.8, 4) is 0 Å². The summed E-state index contributed by atoms with van der Waals surface area (Å²) in [7, 11) is -3.80. The largest absolute Gasteiger partial charge is 0.478 e. The normalized spacial score (nSPS) is 11.3. The molecule has 17 heteroatoms. The summed E-state index contributed by atoms with van der Waals surface area (Å²) in [6.45, 7) is 2.90. The zero-order valence-corrected chi connectivity index (χ0v) is 38.4. The van der Waals surface area contributed by atoms with E-state index in [1.54, 1.807) is 91.9 Å². The number of hydrogen-bond donors (Lipinski definition) is 5. The first kappa shape index (κ1) is 47.4. The van der Waals surface area contributed by atoms with Gasteiger partial charge in [0.2, 0.25) is 5.91 Å². The Morgan fingerprint density at radius 3 is 1.55 bits per heavy atom. The smallest absolute Gasteiger partial charge is 0.335 e. The Kier molecular flexibility index (Phi) is 15.0. The predicted octanol–water partition coefficient (Wildman–Crippen LogP) is 8.88. The molecule has 0 aliphatic carbocycles. The highest BCUT2D eigenvalue weighted by Gasteiger charge is 2.23. The van der Waals surface area contributed by atoms with Gasteiger partial charge in [-0.3, -0.25) is 14.2 Å². The quantitative estimate of drug-likeness (QED) is 0.0617. The molecular formula is C48H47N5O9S3. The molecule has 65 heavy (non-hydrogen) atoms. The van der Waals surface area contributed by atoms with Crippen LogP contribution in [-0.4, -0.2) is 64.0 Å². The SMILES string of the molecule is CC(=O)Nc1nc(C)c(S(=O)(=O)Nc2cccc(CCc3ccc(C(=O)O)cc3)c2)s1.CN(C)c1cccc2c(S(=O)(=O)Nc3cccc(CCc4ccc(C(=O)O)cc4)c3)cccc12. The summed E-state index contributed by atoms with van der Waals surface area (Å²) in [5.74, 6) is -2.24. The zero-order chi connectivity index (χ0) is 46.9. The lowest BCUT2D eigenvalue weighted by Crippen LogP contribution is -2.14. The van der Waals surface area contributed by atoms with Crippen molar-refractivity contribution in [1.29, 1.82) is 0 Å². The monoisotopic (exact) mass is 933 g/mol. The van der Waals surface area contributed by atoms with Gasteiger partial charge < -0.3 is 20.4 Å². The van der Waals surface area contributed by atoms with E-state index in [1.807, 2.05) is 67.5 Å². The average molecular weight is 934 g/mol. The topological polar surface area (TPSA) is 212 Å². The van der Waals surface area contributed by atoms with Crippen molar-refractivity contribution in [3.05, 3.63) is 173 Å². The van der Waals surface area contributed by atoms with Crippen molar-refractivity contribution < 1.29 is 41.4 Å². The number of carbonyl (C=O) groups excluding carboxylic acids is 1. The van der Waals surface area contributed by atoms with E-state index < -0.39 is 32.0 Å². The van der Waals surface area contributed by atoms with Gasteiger partial charge in [-0.05, 0) is 116 Å². The van der Waals surface area contributed by atoms with Crippen LogP contribution in [-0.2, 0) is 50.5 Å². The number of anilines is 4. The van der Waals surface area contributed by atoms with E-state index in [4.69, 9.17) is 10.2 Å². The van der Waals surface area contributed by atoms with E-state index >= 15 is 0 Å². The van der Waals surface area contributed by atoms with Gasteiger partial charge in [0.05, 0.1) is 21.7 Å². The number of benzene rings is 6. The summed E-state index contributed by atoms with van der Waals surface area (Å²) >= 11 is 0.894. The lowest BCUT2D eigenvalue weighted by Gasteiger charge is -2.17. The number of carboxylic acid groups (broad SMARTS) is 2. The summed E-state index contributed by atoms with van der Waals surface area (Å²) in [4.78, 5) is 39.4. The fraction of sp³-hybridized carbons (Fsp3) is 0.167. The van der Waals surface area contributed by atoms with Gasteiger partial charge in [0.25, 0.3) is 20.0 Å². The Hall–Kier alpha value is -7.08. The van der Waals surface area contributed by atoms with Crippen molar-refractivity contribution in [2.45, 2.75) is 48.6 Å². The second kappa shape index (κ2) is 20.6. The first-order valence-electron chi connectivity index (χ1n) is 20.2. The van der Waals surface area contributed by atoms with Crippen LogP contribution >= 0.6 is 11.3 Å². The number of aryl methyl sites for hydroxylation is 5. The number of thiazole rings is 1. The van der Waals surface area contributed by atoms with E-state index in [0.29, 0.717) is 48.1 Å². The van der Waals surface area contributed by atoms with E-state index in [-0.39, 0.29) is 31.3 Å². The number of nitrogens with zero attached hydrogens (tertiary/aromatic N) is 2. The number of nitrogens with one attached hydrogen (secondary N) is 3. The molecule has 6 aromatic carbocycles. The summed E-state index contributed by atoms with van der Waals surface area (Å²) in [6, 6.07) is 38.8. The van der Waals surface area contributed by atoms with Crippen molar-refractivity contribution in [2.75, 3.05) is 33.8 Å². The van der Waals surface area contributed by atoms with E-state index in [9.17, 15) is 31.2 Å². The Labute approximate surface area is 381 Å². The van der Waals surface area contributed by atoms with Gasteiger partial charge in [-0.2, -0.15) is 0 Å². The van der Waals surface area contributed by atoms with Crippen LogP contribution in [0.25, 0.3) is 10.8 Å². The number of carboxylic acids is 2. The summed E-state index contributed by atoms with van der Waals surface area (Å²) in [5, 5.41) is 22.3. The summed E-state index contributed by atoms with van der Waals surface area (Å²) in [6.07, 6.45) is 2.76. The zero-order valence-electron chi connectivity index (χ0n) is 35.9. The van der Waals surface area contributed by atoms with Gasteiger partial charge in [0, 0.05) is 48.9 Å². The Morgan fingerprint density at radius 1 is 0.600 bits per heavy atom. The van der Waals surface area contributed by atoms with Crippen LogP contribution in [0, 0.1) is 6.92 Å². The Morgan fingerprint density at radius 2 is 1.06 bits per heavy atom. The molecule has 0 saturated carbocycles. The second-order valence-electron chi connectivity index (χ2n) is 15.2. The van der Waals surface area contributed by atoms with Gasteiger partial charge >= 0.3 is 11.9 Å². The van der Waals surface area contributed by atoms with Crippen LogP contribution in [0.2, 0.25) is 0 Å². The Balaban J connectivity index is 0.000000216. The van der Waals surface area contributed by atoms with Crippen molar-refractivity contribution >= 4 is 82.2 Å². The molecule has 0 bridgehead atoms. The van der Waals surface area contributed by atoms with Crippen molar-refractivity contribution in [1.82, 2.24) is 4.98 Å². The molecule has 0 aliphatic rings. The minimum Gasteiger partial charge on any atom is -0.478 e. The molecule has 1 aromatic heterocycles. The molecule has 0 spiro atoms. The third-order valence-corrected chi connectivity index (χ3v) is 14.6. The molecule has 1 heterocycles. The number of aromatic nitrogens is 1. The molecule has 1 amide bonds. The molecule has 0 aliphatic heterocycles. The van der Waals surface area contributed by atoms with Gasteiger partial charge in [-0.15, -0.1) is 0 Å². The number of carbonyl (C=O) groups is 3. The highest BCUT2D eigenvalue weighted by atomic mass is 32.2. The molecule has 0 atom stereocenters. The van der Waals surface area contributed by atoms with Crippen LogP contribution in [0.3, 0.4) is 0 Å². The number of aromatic carboxylic acids is 2. The van der Waals surface area contributed by atoms with Crippen molar-refractivity contribution in [3.63, 3.8) is 0 Å². The highest BCUT2D eigenvalue weighted by molar-refractivity contribution is 7.94. The maximum Gasteiger partial charge on any atom is 0.335 e. The first-order chi connectivity index (χ1) is 30.9. The average Bonchev–Trinajstić information content (AvgIpc) is 3.64. The second-order valence-corrected chi connectivity index (χ2v) is 19.7. The number of hydrogen-bond acceptors (Lipinski definition) is 10. The van der Waals surface area contributed by atoms with E-state index in [2.05, 4.69) is 19.7 Å². The van der Waals surface area contributed by atoms with Crippen LogP contribution in [0.4, 0.5) is 22.2 Å². The molecular weight excluding hydrogens is 887 g/mol. The third kappa shape index (κ3) is 12.6. The lowest BCUT2D eigenvalue weighted by molar-refractivity contribution is -0.114. The highest BCUT2D eigenvalue weighted by Crippen LogP contribution is 2.32. The van der Waals surface area contributed by atoms with E-state index in [1.165, 1.54) is 6.92 Å². The number of fused-ring (bicyclic) bond motifs is 1. The van der Waals surface area contributed by atoms with Gasteiger partial charge in [0.15, 0.2) is 9.34 Å². The molecule has 5 N–H and O–H groups in total. The fourth-order valence-electron chi connectivity index (χ4n) is 6.92. The third-order valence-electron chi connectivity index (χ3n) is 10.1. The standard InChI is InChI=1S/C27H26N2O4S.C21H21N3O5S2/c1-29(2)25-10-4-9-24-23(25)8-5-11-26(24)34(32,33)28-22-7-3-6-20(18-22)13-12-19-14-16-21(17-15-19)27(30)31;1-13-20(30-21(22-13)23-14(2)25)31(28,29)24-18-5-3-4-16(12-18)7-6-15-8-10-17(11-9-15)19(26)27/h3-11,14-18,28H,12-13H2,1-2H3,(H,30,31);3-5,8-12,24H,6-7H2,1-2H3,(H,26,27)(H,22,23,25). The molecule has 14 nitrogen and oxygen atoms in total. The van der Waals surface area contributed by atoms with Crippen molar-refractivity contribution in [2.24, 2.45) is 0 Å². The molecule has 0 saturated heterocycles. The van der Waals surface area contributed by atoms with Crippen LogP contribution in [0.5, 0.6) is 0 Å². The minimum absolute atomic E-state index is 0.0418.